The molecular formula is C34H36N4O3S3. The Morgan fingerprint density at radius 1 is 0.932 bits per heavy atom. The van der Waals surface area contributed by atoms with Crippen LogP contribution >= 0.6 is 22.7 Å². The van der Waals surface area contributed by atoms with Gasteiger partial charge in [0.25, 0.3) is 5.91 Å². The first-order chi connectivity index (χ1) is 21.4. The molecule has 1 aliphatic rings. The average molecular weight is 645 g/mol. The van der Waals surface area contributed by atoms with Crippen LogP contribution in [0.2, 0.25) is 0 Å². The number of carbonyl (C=O) groups excluding carboxylic acids is 1. The fourth-order valence-corrected chi connectivity index (χ4v) is 9.70. The van der Waals surface area contributed by atoms with Crippen molar-refractivity contribution in [2.45, 2.75) is 51.1 Å². The third-order valence-electron chi connectivity index (χ3n) is 7.82. The molecule has 0 bridgehead atoms. The van der Waals surface area contributed by atoms with Crippen molar-refractivity contribution in [3.63, 3.8) is 0 Å². The van der Waals surface area contributed by atoms with Gasteiger partial charge in [0, 0.05) is 48.7 Å². The van der Waals surface area contributed by atoms with Gasteiger partial charge in [-0.3, -0.25) is 9.69 Å². The van der Waals surface area contributed by atoms with E-state index in [1.54, 1.807) is 34.8 Å². The lowest BCUT2D eigenvalue weighted by Gasteiger charge is -2.27. The molecule has 10 heteroatoms. The number of para-hydroxylation sites is 1. The quantitative estimate of drug-likeness (QED) is 0.160. The maximum Gasteiger partial charge on any atom is 0.256 e. The molecule has 3 heterocycles. The highest BCUT2D eigenvalue weighted by Gasteiger charge is 2.28. The third-order valence-corrected chi connectivity index (χ3v) is 11.9. The predicted octanol–water partition coefficient (Wildman–Crippen LogP) is 7.65. The zero-order valence-electron chi connectivity index (χ0n) is 25.0. The van der Waals surface area contributed by atoms with Crippen molar-refractivity contribution in [2.24, 2.45) is 0 Å². The molecule has 2 aromatic heterocycles. The predicted molar refractivity (Wildman–Crippen MR) is 181 cm³/mol. The first-order valence-corrected chi connectivity index (χ1v) is 18.1. The van der Waals surface area contributed by atoms with E-state index in [4.69, 9.17) is 4.98 Å². The molecule has 1 aliphatic heterocycles. The Kier molecular flexibility index (Phi) is 9.25. The number of rotatable bonds is 11. The number of nitrogens with zero attached hydrogens (tertiary/aromatic N) is 3. The largest absolute Gasteiger partial charge is 0.313 e. The van der Waals surface area contributed by atoms with E-state index in [2.05, 4.69) is 40.5 Å². The van der Waals surface area contributed by atoms with Crippen LogP contribution in [0.1, 0.15) is 53.1 Å². The number of sulfonamides is 1. The van der Waals surface area contributed by atoms with Crippen LogP contribution in [0.4, 0.5) is 5.00 Å². The summed E-state index contributed by atoms with van der Waals surface area (Å²) in [5.74, 6) is -0.268. The highest BCUT2D eigenvalue weighted by atomic mass is 32.2. The maximum atomic E-state index is 13.6. The van der Waals surface area contributed by atoms with Crippen molar-refractivity contribution in [3.05, 3.63) is 100 Å². The number of anilines is 1. The zero-order valence-corrected chi connectivity index (χ0v) is 27.4. The van der Waals surface area contributed by atoms with Gasteiger partial charge in [-0.15, -0.1) is 22.7 Å². The molecule has 1 N–H and O–H groups in total. The van der Waals surface area contributed by atoms with E-state index in [1.807, 2.05) is 38.1 Å². The van der Waals surface area contributed by atoms with Crippen LogP contribution in [0.25, 0.3) is 20.8 Å². The van der Waals surface area contributed by atoms with Crippen LogP contribution in [0.3, 0.4) is 0 Å². The summed E-state index contributed by atoms with van der Waals surface area (Å²) >= 11 is 3.26. The summed E-state index contributed by atoms with van der Waals surface area (Å²) in [7, 11) is -3.62. The summed E-state index contributed by atoms with van der Waals surface area (Å²) in [5, 5.41) is 4.87. The minimum absolute atomic E-state index is 0.205. The number of amides is 1. The first kappa shape index (κ1) is 30.6. The van der Waals surface area contributed by atoms with Crippen molar-refractivity contribution in [1.29, 1.82) is 0 Å². The molecule has 0 saturated heterocycles. The molecule has 0 spiro atoms. The number of benzene rings is 3. The fraction of sp³-hybridized carbons (Fsp3) is 0.294. The van der Waals surface area contributed by atoms with Gasteiger partial charge in [0.1, 0.15) is 10.0 Å². The van der Waals surface area contributed by atoms with Crippen molar-refractivity contribution >= 4 is 53.8 Å². The van der Waals surface area contributed by atoms with E-state index in [9.17, 15) is 13.2 Å². The molecular weight excluding hydrogens is 609 g/mol. The van der Waals surface area contributed by atoms with Gasteiger partial charge in [-0.05, 0) is 66.8 Å². The Morgan fingerprint density at radius 3 is 2.34 bits per heavy atom. The summed E-state index contributed by atoms with van der Waals surface area (Å²) in [5.41, 5.74) is 4.90. The van der Waals surface area contributed by atoms with Crippen LogP contribution < -0.4 is 5.32 Å². The average Bonchev–Trinajstić information content (AvgIpc) is 3.62. The molecule has 0 fully saturated rings. The van der Waals surface area contributed by atoms with Crippen molar-refractivity contribution in [3.8, 4) is 10.6 Å². The topological polar surface area (TPSA) is 82.6 Å². The number of aromatic nitrogens is 1. The summed E-state index contributed by atoms with van der Waals surface area (Å²) in [4.78, 5) is 22.5. The van der Waals surface area contributed by atoms with Crippen molar-refractivity contribution in [2.75, 3.05) is 25.0 Å². The summed E-state index contributed by atoms with van der Waals surface area (Å²) in [6.07, 6.45) is 2.36. The van der Waals surface area contributed by atoms with Gasteiger partial charge in [-0.25, -0.2) is 13.4 Å². The lowest BCUT2D eigenvalue weighted by molar-refractivity contribution is 0.102. The van der Waals surface area contributed by atoms with Crippen LogP contribution in [-0.2, 0) is 29.5 Å². The number of carbonyl (C=O) groups is 1. The van der Waals surface area contributed by atoms with Gasteiger partial charge in [0.2, 0.25) is 10.0 Å². The number of thiophene rings is 1. The summed E-state index contributed by atoms with van der Waals surface area (Å²) in [6, 6.07) is 24.9. The molecule has 1 amide bonds. The van der Waals surface area contributed by atoms with Gasteiger partial charge in [0.15, 0.2) is 0 Å². The van der Waals surface area contributed by atoms with Crippen molar-refractivity contribution < 1.29 is 13.2 Å². The number of hydrogen-bond acceptors (Lipinski definition) is 7. The standard InChI is InChI=1S/C34H36N4O3S3/c1-3-19-38(20-4-2)44(40,41)26-16-14-25(15-17-26)32(39)36-34-31(33-35-28-12-8-9-13-29(28)42-33)27-18-21-37(23-30(27)43-34)22-24-10-6-5-7-11-24/h5-17H,3-4,18-23H2,1-2H3,(H,36,39). The molecule has 0 atom stereocenters. The monoisotopic (exact) mass is 644 g/mol. The number of hydrogen-bond donors (Lipinski definition) is 1. The van der Waals surface area contributed by atoms with Gasteiger partial charge < -0.3 is 5.32 Å². The Morgan fingerprint density at radius 2 is 1.64 bits per heavy atom. The lowest BCUT2D eigenvalue weighted by atomic mass is 10.0. The van der Waals surface area contributed by atoms with E-state index in [0.717, 1.165) is 64.7 Å². The second-order valence-corrected chi connectivity index (χ2v) is 15.1. The van der Waals surface area contributed by atoms with Gasteiger partial charge >= 0.3 is 0 Å². The van der Waals surface area contributed by atoms with E-state index in [-0.39, 0.29) is 10.8 Å². The molecule has 3 aromatic carbocycles. The minimum Gasteiger partial charge on any atom is -0.313 e. The van der Waals surface area contributed by atoms with Crippen LogP contribution in [0.5, 0.6) is 0 Å². The molecule has 0 unspecified atom stereocenters. The fourth-order valence-electron chi connectivity index (χ4n) is 5.68. The van der Waals surface area contributed by atoms with Gasteiger partial charge in [-0.2, -0.15) is 4.31 Å². The highest BCUT2D eigenvalue weighted by molar-refractivity contribution is 7.89. The first-order valence-electron chi connectivity index (χ1n) is 15.1. The van der Waals surface area contributed by atoms with E-state index in [0.29, 0.717) is 18.7 Å². The van der Waals surface area contributed by atoms with Crippen LogP contribution in [0, 0.1) is 0 Å². The maximum absolute atomic E-state index is 13.6. The molecule has 7 nitrogen and oxygen atoms in total. The number of thiazole rings is 1. The Bertz CT molecular complexity index is 1830. The summed E-state index contributed by atoms with van der Waals surface area (Å²) in [6.45, 7) is 7.49. The van der Waals surface area contributed by atoms with E-state index >= 15 is 0 Å². The summed E-state index contributed by atoms with van der Waals surface area (Å²) < 4.78 is 29.1. The molecule has 228 valence electrons. The van der Waals surface area contributed by atoms with Gasteiger partial charge in [-0.1, -0.05) is 56.3 Å². The molecule has 0 aliphatic carbocycles. The lowest BCUT2D eigenvalue weighted by Crippen LogP contribution is -2.32. The Balaban J connectivity index is 1.29. The molecule has 0 saturated carbocycles. The van der Waals surface area contributed by atoms with E-state index in [1.165, 1.54) is 32.4 Å². The normalized spacial score (nSPS) is 13.8. The number of fused-ring (bicyclic) bond motifs is 2. The second-order valence-electron chi connectivity index (χ2n) is 11.0. The Hall–Kier alpha value is -3.41. The van der Waals surface area contributed by atoms with Crippen LogP contribution in [-0.4, -0.2) is 48.1 Å². The zero-order chi connectivity index (χ0) is 30.7. The van der Waals surface area contributed by atoms with Crippen LogP contribution in [0.15, 0.2) is 83.8 Å². The SMILES string of the molecule is CCCN(CCC)S(=O)(=O)c1ccc(C(=O)Nc2sc3c(c2-c2nc4ccccc4s2)CCN(Cc2ccccc2)C3)cc1. The molecule has 6 rings (SSSR count). The number of nitrogens with one attached hydrogen (secondary N) is 1. The molecule has 0 radical (unpaired) electrons. The second kappa shape index (κ2) is 13.3. The molecule has 44 heavy (non-hydrogen) atoms. The Labute approximate surface area is 267 Å². The van der Waals surface area contributed by atoms with Crippen molar-refractivity contribution in [1.82, 2.24) is 14.2 Å². The smallest absolute Gasteiger partial charge is 0.256 e. The highest BCUT2D eigenvalue weighted by Crippen LogP contribution is 2.46. The van der Waals surface area contributed by atoms with E-state index < -0.39 is 10.0 Å². The van der Waals surface area contributed by atoms with Gasteiger partial charge in [0.05, 0.1) is 15.1 Å². The minimum atomic E-state index is -3.62. The molecule has 5 aromatic rings. The third kappa shape index (κ3) is 6.36.